The molecule has 0 aliphatic heterocycles. The van der Waals surface area contributed by atoms with Crippen molar-refractivity contribution in [2.75, 3.05) is 10.6 Å². The Labute approximate surface area is 190 Å². The molecule has 0 heterocycles. The molecular weight excluding hydrogens is 476 g/mol. The Morgan fingerprint density at radius 1 is 0.969 bits per heavy atom. The summed E-state index contributed by atoms with van der Waals surface area (Å²) in [6, 6.07) is 5.50. The summed E-state index contributed by atoms with van der Waals surface area (Å²) >= 11 is 12.2. The van der Waals surface area contributed by atoms with Gasteiger partial charge in [0.05, 0.1) is 15.6 Å². The van der Waals surface area contributed by atoms with Gasteiger partial charge in [0, 0.05) is 17.8 Å². The molecule has 0 saturated heterocycles. The molecule has 0 atom stereocenters. The molecule has 2 aromatic carbocycles. The average Bonchev–Trinajstić information content (AvgIpc) is 2.65. The minimum absolute atomic E-state index is 0.0426. The number of carboxylic acids is 1. The maximum absolute atomic E-state index is 13.2. The van der Waals surface area contributed by atoms with Crippen LogP contribution in [0.5, 0.6) is 5.75 Å². The quantitative estimate of drug-likeness (QED) is 0.430. The van der Waals surface area contributed by atoms with E-state index in [0.29, 0.717) is 0 Å². The third-order valence-corrected chi connectivity index (χ3v) is 4.46. The van der Waals surface area contributed by atoms with Crippen LogP contribution in [0, 0.1) is 0 Å². The number of hydrogen-bond acceptors (Lipinski definition) is 4. The number of carboxylic acid groups (broad SMARTS) is 1. The van der Waals surface area contributed by atoms with Crippen molar-refractivity contribution in [3.05, 3.63) is 51.5 Å². The molecule has 7 nitrogen and oxygen atoms in total. The van der Waals surface area contributed by atoms with Crippen molar-refractivity contribution in [1.82, 2.24) is 0 Å². The van der Waals surface area contributed by atoms with Crippen molar-refractivity contribution in [1.29, 1.82) is 0 Å². The fourth-order valence-corrected chi connectivity index (χ4v) is 3.12. The Morgan fingerprint density at radius 2 is 1.53 bits per heavy atom. The highest BCUT2D eigenvalue weighted by Gasteiger charge is 2.31. The second-order valence-corrected chi connectivity index (χ2v) is 7.31. The van der Waals surface area contributed by atoms with Crippen molar-refractivity contribution in [3.63, 3.8) is 0 Å². The number of aliphatic carboxylic acids is 1. The second-order valence-electron chi connectivity index (χ2n) is 6.49. The van der Waals surface area contributed by atoms with Crippen LogP contribution in [-0.4, -0.2) is 22.9 Å². The smallest absolute Gasteiger partial charge is 0.416 e. The monoisotopic (exact) mass is 492 g/mol. The van der Waals surface area contributed by atoms with Crippen LogP contribution in [0.3, 0.4) is 0 Å². The number of amides is 2. The first-order chi connectivity index (χ1) is 14.9. The van der Waals surface area contributed by atoms with Crippen LogP contribution in [0.1, 0.15) is 30.9 Å². The molecule has 0 radical (unpaired) electrons. The summed E-state index contributed by atoms with van der Waals surface area (Å²) in [6.07, 6.45) is -5.32. The standard InChI is InChI=1S/C20H17Cl2F3N2O5/c1-2-16(28)26-12-4-10(3-11(5-12)20(23,24)25)9-32-19-14(21)6-13(7-15(19)22)27-17(29)8-18(30)31/h3-7H,2,8-9H2,1H3,(H,26,28)(H,27,29)(H,30,31). The summed E-state index contributed by atoms with van der Waals surface area (Å²) in [5, 5.41) is 13.2. The summed E-state index contributed by atoms with van der Waals surface area (Å²) in [5.74, 6) is -2.64. The molecule has 0 saturated carbocycles. The molecule has 172 valence electrons. The van der Waals surface area contributed by atoms with E-state index in [1.165, 1.54) is 18.2 Å². The molecule has 0 fully saturated rings. The summed E-state index contributed by atoms with van der Waals surface area (Å²) < 4.78 is 45.1. The van der Waals surface area contributed by atoms with E-state index >= 15 is 0 Å². The van der Waals surface area contributed by atoms with Crippen molar-refractivity contribution >= 4 is 52.4 Å². The van der Waals surface area contributed by atoms with Gasteiger partial charge in [-0.15, -0.1) is 0 Å². The third-order valence-electron chi connectivity index (χ3n) is 3.90. The van der Waals surface area contributed by atoms with Gasteiger partial charge in [0.25, 0.3) is 0 Å². The lowest BCUT2D eigenvalue weighted by molar-refractivity contribution is -0.140. The molecule has 2 amide bonds. The molecule has 0 aliphatic rings. The fourth-order valence-electron chi connectivity index (χ4n) is 2.53. The SMILES string of the molecule is CCC(=O)Nc1cc(COc2c(Cl)cc(NC(=O)CC(=O)O)cc2Cl)cc(C(F)(F)F)c1. The van der Waals surface area contributed by atoms with Gasteiger partial charge in [0.1, 0.15) is 13.0 Å². The molecule has 12 heteroatoms. The normalized spacial score (nSPS) is 11.1. The van der Waals surface area contributed by atoms with E-state index in [9.17, 15) is 27.6 Å². The first-order valence-electron chi connectivity index (χ1n) is 9.03. The molecule has 0 aromatic heterocycles. The van der Waals surface area contributed by atoms with Crippen molar-refractivity contribution in [2.24, 2.45) is 0 Å². The summed E-state index contributed by atoms with van der Waals surface area (Å²) in [7, 11) is 0. The van der Waals surface area contributed by atoms with E-state index in [4.69, 9.17) is 33.0 Å². The number of anilines is 2. The number of alkyl halides is 3. The van der Waals surface area contributed by atoms with Crippen LogP contribution in [0.2, 0.25) is 10.0 Å². The lowest BCUT2D eigenvalue weighted by Crippen LogP contribution is -2.16. The zero-order chi connectivity index (χ0) is 24.1. The van der Waals surface area contributed by atoms with Gasteiger partial charge in [-0.1, -0.05) is 30.1 Å². The summed E-state index contributed by atoms with van der Waals surface area (Å²) in [5.41, 5.74) is -0.808. The second kappa shape index (κ2) is 10.6. The first kappa shape index (κ1) is 25.3. The van der Waals surface area contributed by atoms with Gasteiger partial charge >= 0.3 is 12.1 Å². The molecule has 2 aromatic rings. The molecule has 0 unspecified atom stereocenters. The van der Waals surface area contributed by atoms with E-state index in [0.717, 1.165) is 12.1 Å². The van der Waals surface area contributed by atoms with E-state index in [1.807, 2.05) is 0 Å². The Kier molecular flexibility index (Phi) is 8.34. The number of hydrogen-bond donors (Lipinski definition) is 3. The summed E-state index contributed by atoms with van der Waals surface area (Å²) in [4.78, 5) is 33.7. The Bertz CT molecular complexity index is 1020. The van der Waals surface area contributed by atoms with E-state index < -0.39 is 35.9 Å². The van der Waals surface area contributed by atoms with Crippen LogP contribution in [0.25, 0.3) is 0 Å². The van der Waals surface area contributed by atoms with E-state index in [-0.39, 0.29) is 45.8 Å². The number of rotatable bonds is 8. The highest BCUT2D eigenvalue weighted by atomic mass is 35.5. The number of halogens is 5. The van der Waals surface area contributed by atoms with Crippen molar-refractivity contribution in [3.8, 4) is 5.75 Å². The first-order valence-corrected chi connectivity index (χ1v) is 9.79. The van der Waals surface area contributed by atoms with Crippen molar-refractivity contribution in [2.45, 2.75) is 32.5 Å². The van der Waals surface area contributed by atoms with Gasteiger partial charge in [-0.25, -0.2) is 0 Å². The molecule has 0 spiro atoms. The van der Waals surface area contributed by atoms with E-state index in [1.54, 1.807) is 6.92 Å². The lowest BCUT2D eigenvalue weighted by Gasteiger charge is -2.15. The van der Waals surface area contributed by atoms with Crippen LogP contribution < -0.4 is 15.4 Å². The molecule has 2 rings (SSSR count). The predicted octanol–water partition coefficient (Wildman–Crippen LogP) is 5.35. The minimum Gasteiger partial charge on any atom is -0.486 e. The number of carbonyl (C=O) groups is 3. The van der Waals surface area contributed by atoms with Crippen LogP contribution in [-0.2, 0) is 27.2 Å². The lowest BCUT2D eigenvalue weighted by atomic mass is 10.1. The maximum Gasteiger partial charge on any atom is 0.416 e. The van der Waals surface area contributed by atoms with Crippen LogP contribution in [0.15, 0.2) is 30.3 Å². The van der Waals surface area contributed by atoms with Crippen LogP contribution >= 0.6 is 23.2 Å². The Morgan fingerprint density at radius 3 is 2.06 bits per heavy atom. The number of benzene rings is 2. The van der Waals surface area contributed by atoms with Gasteiger partial charge < -0.3 is 20.5 Å². The Balaban J connectivity index is 2.23. The largest absolute Gasteiger partial charge is 0.486 e. The zero-order valence-electron chi connectivity index (χ0n) is 16.5. The maximum atomic E-state index is 13.2. The fraction of sp³-hybridized carbons (Fsp3) is 0.250. The molecular formula is C20H17Cl2F3N2O5. The summed E-state index contributed by atoms with van der Waals surface area (Å²) in [6.45, 7) is 1.20. The molecule has 3 N–H and O–H groups in total. The van der Waals surface area contributed by atoms with Gasteiger partial charge in [-0.3, -0.25) is 14.4 Å². The van der Waals surface area contributed by atoms with Crippen molar-refractivity contribution < 1.29 is 37.4 Å². The van der Waals surface area contributed by atoms with Gasteiger partial charge in [0.2, 0.25) is 11.8 Å². The van der Waals surface area contributed by atoms with Gasteiger partial charge in [-0.2, -0.15) is 13.2 Å². The van der Waals surface area contributed by atoms with Gasteiger partial charge in [-0.05, 0) is 35.9 Å². The predicted molar refractivity (Wildman–Crippen MR) is 112 cm³/mol. The number of carbonyl (C=O) groups excluding carboxylic acids is 2. The molecule has 32 heavy (non-hydrogen) atoms. The molecule has 0 bridgehead atoms. The number of nitrogens with one attached hydrogen (secondary N) is 2. The zero-order valence-corrected chi connectivity index (χ0v) is 18.0. The minimum atomic E-state index is -4.65. The highest BCUT2D eigenvalue weighted by Crippen LogP contribution is 2.37. The van der Waals surface area contributed by atoms with Crippen LogP contribution in [0.4, 0.5) is 24.5 Å². The topological polar surface area (TPSA) is 105 Å². The third kappa shape index (κ3) is 7.31. The number of ether oxygens (including phenoxy) is 1. The average molecular weight is 493 g/mol. The van der Waals surface area contributed by atoms with Gasteiger partial charge in [0.15, 0.2) is 5.75 Å². The highest BCUT2D eigenvalue weighted by molar-refractivity contribution is 6.37. The molecule has 0 aliphatic carbocycles. The van der Waals surface area contributed by atoms with E-state index in [2.05, 4.69) is 10.6 Å². The Hall–Kier alpha value is -2.98.